The van der Waals surface area contributed by atoms with Crippen molar-refractivity contribution >= 4 is 43.5 Å². The molecule has 0 N–H and O–H groups in total. The van der Waals surface area contributed by atoms with Crippen molar-refractivity contribution in [3.63, 3.8) is 0 Å². The van der Waals surface area contributed by atoms with E-state index in [1.807, 2.05) is 12.1 Å². The van der Waals surface area contributed by atoms with Crippen LogP contribution in [-0.4, -0.2) is 0 Å². The maximum absolute atomic E-state index is 10.3. The van der Waals surface area contributed by atoms with Gasteiger partial charge in [-0.3, -0.25) is 0 Å². The molecule has 7 aromatic rings. The number of nitrogens with zero attached hydrogens (tertiary/aromatic N) is 2. The molecule has 5 aromatic carbocycles. The number of pyridine rings is 1. The summed E-state index contributed by atoms with van der Waals surface area (Å²) in [4.78, 5) is 0. The van der Waals surface area contributed by atoms with Gasteiger partial charge in [-0.2, -0.15) is 5.26 Å². The van der Waals surface area contributed by atoms with Gasteiger partial charge < -0.3 is 4.42 Å². The standard InChI is InChI=1S/C36H27N2O/c1-21-13-16-31(38(4)20-21)33-23(3)17-22(2)32-29-15-14-25(19-37)34(35(29)39-36(32)33)30-18-24-9-5-6-10-26(24)27-11-7-8-12-28(27)30/h5-18,20H,1-4H3/q+1. The Kier molecular flexibility index (Phi) is 5.08. The first-order chi connectivity index (χ1) is 19.0. The SMILES string of the molecule is Cc1ccc(-c2c(C)cc(C)c3c2oc2c(-c4cc5ccccc5c5ccccc45)c(C#N)ccc23)[n+](C)c1. The Bertz CT molecular complexity index is 2180. The minimum atomic E-state index is 0.610. The lowest BCUT2D eigenvalue weighted by molar-refractivity contribution is -0.660. The Morgan fingerprint density at radius 1 is 0.692 bits per heavy atom. The molecule has 2 aromatic heterocycles. The number of aromatic nitrogens is 1. The van der Waals surface area contributed by atoms with E-state index in [1.165, 1.54) is 21.9 Å². The molecule has 0 unspecified atom stereocenters. The smallest absolute Gasteiger partial charge is 0.216 e. The van der Waals surface area contributed by atoms with E-state index in [2.05, 4.69) is 117 Å². The fraction of sp³-hybridized carbons (Fsp3) is 0.111. The quantitative estimate of drug-likeness (QED) is 0.175. The van der Waals surface area contributed by atoms with E-state index in [9.17, 15) is 5.26 Å². The third-order valence-corrected chi connectivity index (χ3v) is 8.00. The number of aryl methyl sites for hydroxylation is 4. The Labute approximate surface area is 227 Å². The number of nitriles is 1. The second-order valence-corrected chi connectivity index (χ2v) is 10.6. The maximum Gasteiger partial charge on any atom is 0.216 e. The Morgan fingerprint density at radius 2 is 1.44 bits per heavy atom. The number of furan rings is 1. The van der Waals surface area contributed by atoms with Crippen molar-refractivity contribution in [3.05, 3.63) is 113 Å². The van der Waals surface area contributed by atoms with Crippen LogP contribution in [-0.2, 0) is 7.05 Å². The highest BCUT2D eigenvalue weighted by Crippen LogP contribution is 2.45. The van der Waals surface area contributed by atoms with E-state index in [0.29, 0.717) is 5.56 Å². The van der Waals surface area contributed by atoms with Crippen LogP contribution in [0.4, 0.5) is 0 Å². The molecule has 0 aliphatic heterocycles. The highest BCUT2D eigenvalue weighted by molar-refractivity contribution is 6.20. The third-order valence-electron chi connectivity index (χ3n) is 8.00. The van der Waals surface area contributed by atoms with E-state index < -0.39 is 0 Å². The van der Waals surface area contributed by atoms with Gasteiger partial charge in [0, 0.05) is 28.0 Å². The molecule has 0 bridgehead atoms. The first-order valence-corrected chi connectivity index (χ1v) is 13.2. The molecule has 2 heterocycles. The molecule has 7 rings (SSSR count). The lowest BCUT2D eigenvalue weighted by atomic mass is 9.89. The van der Waals surface area contributed by atoms with Gasteiger partial charge in [-0.05, 0) is 83.3 Å². The molecule has 0 saturated carbocycles. The van der Waals surface area contributed by atoms with Crippen molar-refractivity contribution in [3.8, 4) is 28.5 Å². The summed E-state index contributed by atoms with van der Waals surface area (Å²) in [6.07, 6.45) is 2.14. The first kappa shape index (κ1) is 23.2. The highest BCUT2D eigenvalue weighted by Gasteiger charge is 2.25. The molecule has 0 saturated heterocycles. The van der Waals surface area contributed by atoms with Crippen molar-refractivity contribution in [2.24, 2.45) is 7.05 Å². The van der Waals surface area contributed by atoms with Crippen LogP contribution in [0.2, 0.25) is 0 Å². The molecule has 0 radical (unpaired) electrons. The molecule has 3 heteroatoms. The largest absolute Gasteiger partial charge is 0.454 e. The summed E-state index contributed by atoms with van der Waals surface area (Å²) in [5.74, 6) is 0. The zero-order valence-corrected chi connectivity index (χ0v) is 22.5. The van der Waals surface area contributed by atoms with E-state index in [0.717, 1.165) is 60.7 Å². The Hall–Kier alpha value is -4.94. The maximum atomic E-state index is 10.3. The topological polar surface area (TPSA) is 40.8 Å². The summed E-state index contributed by atoms with van der Waals surface area (Å²) in [6, 6.07) is 32.1. The minimum Gasteiger partial charge on any atom is -0.454 e. The van der Waals surface area contributed by atoms with Gasteiger partial charge in [0.25, 0.3) is 0 Å². The van der Waals surface area contributed by atoms with E-state index in [4.69, 9.17) is 4.42 Å². The van der Waals surface area contributed by atoms with Crippen LogP contribution >= 0.6 is 0 Å². The average Bonchev–Trinajstić information content (AvgIpc) is 3.33. The molecule has 186 valence electrons. The van der Waals surface area contributed by atoms with Crippen LogP contribution in [0.1, 0.15) is 22.3 Å². The lowest BCUT2D eigenvalue weighted by Gasteiger charge is -2.12. The Balaban J connectivity index is 1.66. The molecule has 39 heavy (non-hydrogen) atoms. The number of rotatable bonds is 2. The number of hydrogen-bond acceptors (Lipinski definition) is 2. The van der Waals surface area contributed by atoms with Crippen molar-refractivity contribution in [1.29, 1.82) is 5.26 Å². The molecule has 0 aliphatic carbocycles. The number of hydrogen-bond donors (Lipinski definition) is 0. The van der Waals surface area contributed by atoms with E-state index >= 15 is 0 Å². The molecule has 0 aliphatic rings. The van der Waals surface area contributed by atoms with E-state index in [1.54, 1.807) is 0 Å². The normalized spacial score (nSPS) is 11.6. The molecular weight excluding hydrogens is 476 g/mol. The van der Waals surface area contributed by atoms with Gasteiger partial charge >= 0.3 is 0 Å². The summed E-state index contributed by atoms with van der Waals surface area (Å²) in [5, 5.41) is 17.1. The second kappa shape index (κ2) is 8.55. The molecule has 0 spiro atoms. The minimum absolute atomic E-state index is 0.610. The third kappa shape index (κ3) is 3.39. The summed E-state index contributed by atoms with van der Waals surface area (Å²) in [7, 11) is 2.08. The van der Waals surface area contributed by atoms with Gasteiger partial charge in [0.05, 0.1) is 17.2 Å². The molecule has 0 atom stereocenters. The van der Waals surface area contributed by atoms with Crippen LogP contribution in [0.25, 0.3) is 65.9 Å². The fourth-order valence-electron chi connectivity index (χ4n) is 6.32. The van der Waals surface area contributed by atoms with E-state index in [-0.39, 0.29) is 0 Å². The Morgan fingerprint density at radius 3 is 2.21 bits per heavy atom. The summed E-state index contributed by atoms with van der Waals surface area (Å²) >= 11 is 0. The average molecular weight is 504 g/mol. The van der Waals surface area contributed by atoms with Crippen molar-refractivity contribution in [1.82, 2.24) is 0 Å². The molecule has 3 nitrogen and oxygen atoms in total. The highest BCUT2D eigenvalue weighted by atomic mass is 16.3. The van der Waals surface area contributed by atoms with Crippen molar-refractivity contribution in [2.45, 2.75) is 20.8 Å². The van der Waals surface area contributed by atoms with Gasteiger partial charge in [-0.1, -0.05) is 54.6 Å². The lowest BCUT2D eigenvalue weighted by Crippen LogP contribution is -2.31. The fourth-order valence-corrected chi connectivity index (χ4v) is 6.32. The van der Waals surface area contributed by atoms with Crippen molar-refractivity contribution < 1.29 is 8.98 Å². The molecule has 0 fully saturated rings. The van der Waals surface area contributed by atoms with Gasteiger partial charge in [0.1, 0.15) is 18.2 Å². The molecular formula is C36H27N2O+. The summed E-state index contributed by atoms with van der Waals surface area (Å²) in [6.45, 7) is 6.39. The van der Waals surface area contributed by atoms with Crippen LogP contribution in [0.5, 0.6) is 0 Å². The number of benzene rings is 5. The van der Waals surface area contributed by atoms with Crippen LogP contribution < -0.4 is 4.57 Å². The molecule has 0 amide bonds. The first-order valence-electron chi connectivity index (χ1n) is 13.2. The number of fused-ring (bicyclic) bond motifs is 6. The van der Waals surface area contributed by atoms with Crippen LogP contribution in [0, 0.1) is 32.1 Å². The van der Waals surface area contributed by atoms with Gasteiger partial charge in [0.2, 0.25) is 5.69 Å². The van der Waals surface area contributed by atoms with Gasteiger partial charge in [-0.25, -0.2) is 4.57 Å². The van der Waals surface area contributed by atoms with Crippen molar-refractivity contribution in [2.75, 3.05) is 0 Å². The summed E-state index contributed by atoms with van der Waals surface area (Å²) in [5.41, 5.74) is 9.82. The zero-order valence-electron chi connectivity index (χ0n) is 22.5. The predicted octanol–water partition coefficient (Wildman–Crippen LogP) is 8.85. The second-order valence-electron chi connectivity index (χ2n) is 10.6. The van der Waals surface area contributed by atoms with Crippen LogP contribution in [0.15, 0.2) is 95.5 Å². The summed E-state index contributed by atoms with van der Waals surface area (Å²) < 4.78 is 9.07. The monoisotopic (exact) mass is 503 g/mol. The van der Waals surface area contributed by atoms with Gasteiger partial charge in [0.15, 0.2) is 6.20 Å². The van der Waals surface area contributed by atoms with Gasteiger partial charge in [-0.15, -0.1) is 0 Å². The van der Waals surface area contributed by atoms with Crippen LogP contribution in [0.3, 0.4) is 0 Å². The predicted molar refractivity (Wildman–Crippen MR) is 160 cm³/mol. The zero-order chi connectivity index (χ0) is 26.8.